The van der Waals surface area contributed by atoms with E-state index in [9.17, 15) is 0 Å². The van der Waals surface area contributed by atoms with Crippen molar-refractivity contribution in [3.05, 3.63) is 16.9 Å². The van der Waals surface area contributed by atoms with Gasteiger partial charge in [-0.2, -0.15) is 5.10 Å². The fraction of sp³-hybridized carbons (Fsp3) is 0.700. The molecule has 1 aromatic heterocycles. The number of hydrogen-bond acceptors (Lipinski definition) is 2. The van der Waals surface area contributed by atoms with Gasteiger partial charge in [0.1, 0.15) is 0 Å². The van der Waals surface area contributed by atoms with Gasteiger partial charge in [-0.3, -0.25) is 4.68 Å². The van der Waals surface area contributed by atoms with Crippen molar-refractivity contribution in [3.63, 3.8) is 0 Å². The van der Waals surface area contributed by atoms with Gasteiger partial charge < -0.3 is 5.73 Å². The Kier molecular flexibility index (Phi) is 2.32. The molecule has 2 rings (SSSR count). The first-order valence-corrected chi connectivity index (χ1v) is 5.36. The van der Waals surface area contributed by atoms with Gasteiger partial charge in [-0.1, -0.05) is 18.5 Å². The van der Waals surface area contributed by atoms with E-state index in [0.29, 0.717) is 5.92 Å². The molecule has 1 aromatic rings. The van der Waals surface area contributed by atoms with Crippen molar-refractivity contribution in [2.45, 2.75) is 37.6 Å². The average molecular weight is 214 g/mol. The molecule has 1 fully saturated rings. The number of nitrogens with zero attached hydrogens (tertiary/aromatic N) is 2. The molecule has 0 aliphatic heterocycles. The van der Waals surface area contributed by atoms with E-state index in [0.717, 1.165) is 30.0 Å². The van der Waals surface area contributed by atoms with Crippen molar-refractivity contribution in [1.29, 1.82) is 0 Å². The molecule has 0 radical (unpaired) electrons. The van der Waals surface area contributed by atoms with Crippen LogP contribution in [0.5, 0.6) is 0 Å². The summed E-state index contributed by atoms with van der Waals surface area (Å²) in [5, 5.41) is 4.89. The smallest absolute Gasteiger partial charge is 0.0820 e. The summed E-state index contributed by atoms with van der Waals surface area (Å²) in [5.41, 5.74) is 7.26. The van der Waals surface area contributed by atoms with Gasteiger partial charge in [-0.05, 0) is 19.3 Å². The van der Waals surface area contributed by atoms with E-state index in [1.165, 1.54) is 0 Å². The Hall–Kier alpha value is -0.540. The Morgan fingerprint density at radius 3 is 2.79 bits per heavy atom. The monoisotopic (exact) mass is 213 g/mol. The van der Waals surface area contributed by atoms with Crippen LogP contribution in [-0.2, 0) is 7.05 Å². The predicted octanol–water partition coefficient (Wildman–Crippen LogP) is 2.06. The third-order valence-electron chi connectivity index (χ3n) is 3.01. The second-order valence-corrected chi connectivity index (χ2v) is 4.88. The lowest BCUT2D eigenvalue weighted by molar-refractivity contribution is 0.514. The van der Waals surface area contributed by atoms with Crippen molar-refractivity contribution in [2.24, 2.45) is 12.8 Å². The molecule has 78 valence electrons. The van der Waals surface area contributed by atoms with Gasteiger partial charge in [0.25, 0.3) is 0 Å². The third kappa shape index (κ3) is 1.79. The highest BCUT2D eigenvalue weighted by Gasteiger charge is 2.40. The van der Waals surface area contributed by atoms with Gasteiger partial charge in [-0.25, -0.2) is 0 Å². The Balaban J connectivity index is 2.14. The summed E-state index contributed by atoms with van der Waals surface area (Å²) in [6, 6.07) is 0. The van der Waals surface area contributed by atoms with E-state index in [-0.39, 0.29) is 5.54 Å². The van der Waals surface area contributed by atoms with Gasteiger partial charge >= 0.3 is 0 Å². The minimum absolute atomic E-state index is 0.0764. The molecule has 1 unspecified atom stereocenters. The molecular formula is C10H16ClN3. The van der Waals surface area contributed by atoms with E-state index in [1.807, 2.05) is 11.7 Å². The summed E-state index contributed by atoms with van der Waals surface area (Å²) in [4.78, 5) is 0. The number of aromatic nitrogens is 2. The largest absolute Gasteiger partial charge is 0.325 e. The van der Waals surface area contributed by atoms with Crippen molar-refractivity contribution >= 4 is 11.6 Å². The van der Waals surface area contributed by atoms with E-state index in [1.54, 1.807) is 6.20 Å². The highest BCUT2D eigenvalue weighted by Crippen LogP contribution is 2.41. The lowest BCUT2D eigenvalue weighted by Crippen LogP contribution is -2.24. The number of nitrogens with two attached hydrogens (primary N) is 1. The van der Waals surface area contributed by atoms with Crippen LogP contribution >= 0.6 is 11.6 Å². The normalized spacial score (nSPS) is 20.9. The summed E-state index contributed by atoms with van der Waals surface area (Å²) < 4.78 is 1.85. The van der Waals surface area contributed by atoms with Crippen molar-refractivity contribution in [3.8, 4) is 0 Å². The first kappa shape index (κ1) is 9.99. The van der Waals surface area contributed by atoms with Crippen LogP contribution in [0.4, 0.5) is 0 Å². The molecule has 1 heterocycles. The summed E-state index contributed by atoms with van der Waals surface area (Å²) in [7, 11) is 1.92. The molecule has 1 atom stereocenters. The van der Waals surface area contributed by atoms with Crippen LogP contribution in [0.3, 0.4) is 0 Å². The number of halogens is 1. The van der Waals surface area contributed by atoms with Gasteiger partial charge in [0.05, 0.1) is 16.9 Å². The Labute approximate surface area is 89.2 Å². The molecule has 1 saturated carbocycles. The van der Waals surface area contributed by atoms with Crippen LogP contribution in [-0.4, -0.2) is 15.3 Å². The zero-order chi connectivity index (χ0) is 10.3. The van der Waals surface area contributed by atoms with Crippen LogP contribution in [0.2, 0.25) is 5.02 Å². The van der Waals surface area contributed by atoms with E-state index in [2.05, 4.69) is 12.0 Å². The predicted molar refractivity (Wildman–Crippen MR) is 57.4 cm³/mol. The van der Waals surface area contributed by atoms with Crippen LogP contribution in [0.15, 0.2) is 6.20 Å². The Morgan fingerprint density at radius 1 is 1.71 bits per heavy atom. The second-order valence-electron chi connectivity index (χ2n) is 4.47. The molecule has 0 spiro atoms. The van der Waals surface area contributed by atoms with E-state index in [4.69, 9.17) is 17.3 Å². The minimum atomic E-state index is 0.0764. The molecule has 0 aromatic carbocycles. The van der Waals surface area contributed by atoms with Gasteiger partial charge in [0, 0.05) is 18.5 Å². The number of hydrogen-bond donors (Lipinski definition) is 1. The van der Waals surface area contributed by atoms with Gasteiger partial charge in [0.15, 0.2) is 0 Å². The lowest BCUT2D eigenvalue weighted by atomic mass is 9.97. The van der Waals surface area contributed by atoms with Crippen molar-refractivity contribution in [1.82, 2.24) is 9.78 Å². The highest BCUT2D eigenvalue weighted by atomic mass is 35.5. The molecule has 0 amide bonds. The summed E-state index contributed by atoms with van der Waals surface area (Å²) in [6.45, 7) is 2.16. The number of rotatable bonds is 3. The summed E-state index contributed by atoms with van der Waals surface area (Å²) >= 11 is 6.07. The maximum atomic E-state index is 6.08. The first-order valence-electron chi connectivity index (χ1n) is 4.98. The van der Waals surface area contributed by atoms with Crippen LogP contribution in [0.25, 0.3) is 0 Å². The van der Waals surface area contributed by atoms with Crippen LogP contribution in [0.1, 0.15) is 37.8 Å². The maximum Gasteiger partial charge on any atom is 0.0820 e. The van der Waals surface area contributed by atoms with Crippen LogP contribution in [0, 0.1) is 0 Å². The summed E-state index contributed by atoms with van der Waals surface area (Å²) in [5.74, 6) is 0.391. The minimum Gasteiger partial charge on any atom is -0.325 e. The number of aryl methyl sites for hydroxylation is 1. The summed E-state index contributed by atoms with van der Waals surface area (Å²) in [6.07, 6.45) is 5.00. The average Bonchev–Trinajstić information content (AvgIpc) is 2.70. The molecule has 4 heteroatoms. The van der Waals surface area contributed by atoms with E-state index >= 15 is 0 Å². The third-order valence-corrected chi connectivity index (χ3v) is 3.30. The van der Waals surface area contributed by atoms with Crippen molar-refractivity contribution < 1.29 is 0 Å². The first-order chi connectivity index (χ1) is 6.52. The highest BCUT2D eigenvalue weighted by molar-refractivity contribution is 6.31. The van der Waals surface area contributed by atoms with Crippen LogP contribution < -0.4 is 5.73 Å². The molecule has 1 aliphatic carbocycles. The van der Waals surface area contributed by atoms with Crippen molar-refractivity contribution in [2.75, 3.05) is 0 Å². The zero-order valence-electron chi connectivity index (χ0n) is 8.63. The van der Waals surface area contributed by atoms with E-state index < -0.39 is 0 Å². The topological polar surface area (TPSA) is 43.8 Å². The fourth-order valence-corrected chi connectivity index (χ4v) is 2.40. The molecule has 2 N–H and O–H groups in total. The lowest BCUT2D eigenvalue weighted by Gasteiger charge is -2.16. The molecule has 14 heavy (non-hydrogen) atoms. The molecule has 1 aliphatic rings. The molecular weight excluding hydrogens is 198 g/mol. The van der Waals surface area contributed by atoms with Gasteiger partial charge in [0.2, 0.25) is 0 Å². The molecule has 3 nitrogen and oxygen atoms in total. The maximum absolute atomic E-state index is 6.08. The van der Waals surface area contributed by atoms with Gasteiger partial charge in [-0.15, -0.1) is 0 Å². The standard InChI is InChI=1S/C10H16ClN3/c1-7(5-10(12)3-4-10)9-8(11)6-13-14(9)2/h6-7H,3-5,12H2,1-2H3. The zero-order valence-corrected chi connectivity index (χ0v) is 9.38. The molecule has 0 saturated heterocycles. The fourth-order valence-electron chi connectivity index (χ4n) is 2.05. The quantitative estimate of drug-likeness (QED) is 0.836. The second kappa shape index (κ2) is 3.24. The molecule has 0 bridgehead atoms. The Bertz CT molecular complexity index is 322. The Morgan fingerprint density at radius 2 is 2.36 bits per heavy atom. The SMILES string of the molecule is CC(CC1(N)CC1)c1c(Cl)cnn1C.